The van der Waals surface area contributed by atoms with Gasteiger partial charge < -0.3 is 16.0 Å². The number of para-hydroxylation sites is 1. The van der Waals surface area contributed by atoms with Crippen molar-refractivity contribution in [3.05, 3.63) is 59.7 Å². The Morgan fingerprint density at radius 3 is 2.64 bits per heavy atom. The topological polar surface area (TPSA) is 75.4 Å². The van der Waals surface area contributed by atoms with E-state index in [-0.39, 0.29) is 23.8 Å². The lowest BCUT2D eigenvalue weighted by atomic mass is 10.0. The molecule has 130 valence electrons. The Hall–Kier alpha value is -2.66. The van der Waals surface area contributed by atoms with E-state index in [0.717, 1.165) is 12.1 Å². The number of carbonyl (C=O) groups excluding carboxylic acids is 2. The zero-order valence-electron chi connectivity index (χ0n) is 14.5. The predicted molar refractivity (Wildman–Crippen MR) is 99.7 cm³/mol. The summed E-state index contributed by atoms with van der Waals surface area (Å²) in [5.74, 6) is -0.503. The minimum Gasteiger partial charge on any atom is -0.327 e. The average molecular weight is 337 g/mol. The van der Waals surface area contributed by atoms with Crippen molar-refractivity contribution in [1.82, 2.24) is 0 Å². The normalized spacial score (nSPS) is 15.4. The lowest BCUT2D eigenvalue weighted by Crippen LogP contribution is -2.34. The molecule has 5 heteroatoms. The first-order valence-electron chi connectivity index (χ1n) is 8.53. The van der Waals surface area contributed by atoms with Gasteiger partial charge in [-0.1, -0.05) is 31.2 Å². The maximum absolute atomic E-state index is 12.9. The van der Waals surface area contributed by atoms with Crippen molar-refractivity contribution in [2.45, 2.75) is 26.3 Å². The van der Waals surface area contributed by atoms with Crippen molar-refractivity contribution in [3.63, 3.8) is 0 Å². The number of anilines is 2. The van der Waals surface area contributed by atoms with E-state index in [1.807, 2.05) is 18.2 Å². The standard InChI is InChI=1S/C20H23N3O2/c1-13(14(2)21)19(24)22-17-8-5-7-16(12-17)20(25)23-11-10-15-6-3-4-9-18(15)23/h3-9,12-14H,10-11,21H2,1-2H3,(H,22,24). The maximum atomic E-state index is 12.9. The molecule has 25 heavy (non-hydrogen) atoms. The van der Waals surface area contributed by atoms with E-state index >= 15 is 0 Å². The summed E-state index contributed by atoms with van der Waals surface area (Å²) < 4.78 is 0. The zero-order valence-corrected chi connectivity index (χ0v) is 14.5. The molecule has 0 saturated heterocycles. The highest BCUT2D eigenvalue weighted by atomic mass is 16.2. The van der Waals surface area contributed by atoms with E-state index in [2.05, 4.69) is 11.4 Å². The molecule has 3 rings (SSSR count). The molecule has 1 heterocycles. The van der Waals surface area contributed by atoms with Crippen LogP contribution in [0.5, 0.6) is 0 Å². The van der Waals surface area contributed by atoms with Crippen LogP contribution in [0.4, 0.5) is 11.4 Å². The number of nitrogens with two attached hydrogens (primary N) is 1. The second-order valence-electron chi connectivity index (χ2n) is 6.55. The van der Waals surface area contributed by atoms with Crippen molar-refractivity contribution in [2.24, 2.45) is 11.7 Å². The number of nitrogens with one attached hydrogen (secondary N) is 1. The average Bonchev–Trinajstić information content (AvgIpc) is 3.04. The van der Waals surface area contributed by atoms with E-state index in [1.165, 1.54) is 5.56 Å². The highest BCUT2D eigenvalue weighted by molar-refractivity contribution is 6.08. The van der Waals surface area contributed by atoms with Gasteiger partial charge in [0.25, 0.3) is 5.91 Å². The SMILES string of the molecule is CC(N)C(C)C(=O)Nc1cccc(C(=O)N2CCc3ccccc32)c1. The second-order valence-corrected chi connectivity index (χ2v) is 6.55. The Bertz CT molecular complexity index is 801. The van der Waals surface area contributed by atoms with Gasteiger partial charge in [0.1, 0.15) is 0 Å². The third kappa shape index (κ3) is 3.56. The first kappa shape index (κ1) is 17.2. The molecule has 2 atom stereocenters. The first-order valence-corrected chi connectivity index (χ1v) is 8.53. The Balaban J connectivity index is 1.78. The predicted octanol–water partition coefficient (Wildman–Crippen LogP) is 2.81. The summed E-state index contributed by atoms with van der Waals surface area (Å²) in [6, 6.07) is 14.8. The highest BCUT2D eigenvalue weighted by Gasteiger charge is 2.25. The molecule has 2 unspecified atom stereocenters. The highest BCUT2D eigenvalue weighted by Crippen LogP contribution is 2.29. The Labute approximate surface area is 147 Å². The second kappa shape index (κ2) is 7.07. The molecule has 5 nitrogen and oxygen atoms in total. The third-order valence-electron chi connectivity index (χ3n) is 4.71. The summed E-state index contributed by atoms with van der Waals surface area (Å²) in [4.78, 5) is 26.8. The number of hydrogen-bond donors (Lipinski definition) is 2. The van der Waals surface area contributed by atoms with Gasteiger partial charge in [-0.15, -0.1) is 0 Å². The van der Waals surface area contributed by atoms with Crippen LogP contribution in [0.2, 0.25) is 0 Å². The van der Waals surface area contributed by atoms with Crippen molar-refractivity contribution >= 4 is 23.2 Å². The number of benzene rings is 2. The molecule has 0 aliphatic carbocycles. The van der Waals surface area contributed by atoms with Crippen molar-refractivity contribution in [1.29, 1.82) is 0 Å². The fourth-order valence-corrected chi connectivity index (χ4v) is 2.93. The molecule has 1 aliphatic rings. The van der Waals surface area contributed by atoms with Crippen LogP contribution in [-0.2, 0) is 11.2 Å². The summed E-state index contributed by atoms with van der Waals surface area (Å²) in [6.07, 6.45) is 0.865. The van der Waals surface area contributed by atoms with Gasteiger partial charge in [-0.05, 0) is 43.2 Å². The smallest absolute Gasteiger partial charge is 0.258 e. The Morgan fingerprint density at radius 2 is 1.88 bits per heavy atom. The van der Waals surface area contributed by atoms with Gasteiger partial charge in [0, 0.05) is 29.5 Å². The monoisotopic (exact) mass is 337 g/mol. The van der Waals surface area contributed by atoms with Gasteiger partial charge in [0.2, 0.25) is 5.91 Å². The zero-order chi connectivity index (χ0) is 18.0. The molecule has 2 amide bonds. The summed E-state index contributed by atoms with van der Waals surface area (Å²) in [6.45, 7) is 4.27. The number of nitrogens with zero attached hydrogens (tertiary/aromatic N) is 1. The summed E-state index contributed by atoms with van der Waals surface area (Å²) in [5, 5.41) is 2.84. The molecular formula is C20H23N3O2. The molecule has 0 fully saturated rings. The summed E-state index contributed by atoms with van der Waals surface area (Å²) >= 11 is 0. The van der Waals surface area contributed by atoms with Gasteiger partial charge >= 0.3 is 0 Å². The van der Waals surface area contributed by atoms with E-state index < -0.39 is 0 Å². The fourth-order valence-electron chi connectivity index (χ4n) is 2.93. The Kier molecular flexibility index (Phi) is 4.86. The molecule has 0 saturated carbocycles. The van der Waals surface area contributed by atoms with E-state index in [4.69, 9.17) is 5.73 Å². The van der Waals surface area contributed by atoms with Crippen molar-refractivity contribution < 1.29 is 9.59 Å². The lowest BCUT2D eigenvalue weighted by Gasteiger charge is -2.18. The molecule has 0 spiro atoms. The molecule has 3 N–H and O–H groups in total. The van der Waals surface area contributed by atoms with Gasteiger partial charge in [-0.25, -0.2) is 0 Å². The third-order valence-corrected chi connectivity index (χ3v) is 4.71. The van der Waals surface area contributed by atoms with Gasteiger partial charge in [-0.2, -0.15) is 0 Å². The molecule has 0 radical (unpaired) electrons. The largest absolute Gasteiger partial charge is 0.327 e. The lowest BCUT2D eigenvalue weighted by molar-refractivity contribution is -0.119. The van der Waals surface area contributed by atoms with E-state index in [0.29, 0.717) is 17.8 Å². The number of carbonyl (C=O) groups is 2. The van der Waals surface area contributed by atoms with Crippen LogP contribution in [0.3, 0.4) is 0 Å². The molecule has 0 aromatic heterocycles. The Morgan fingerprint density at radius 1 is 1.12 bits per heavy atom. The number of hydrogen-bond acceptors (Lipinski definition) is 3. The molecule has 1 aliphatic heterocycles. The van der Waals surface area contributed by atoms with Crippen LogP contribution in [0.15, 0.2) is 48.5 Å². The van der Waals surface area contributed by atoms with Crippen LogP contribution in [0.1, 0.15) is 29.8 Å². The molecule has 2 aromatic rings. The van der Waals surface area contributed by atoms with Crippen LogP contribution >= 0.6 is 0 Å². The minimum absolute atomic E-state index is 0.0544. The first-order chi connectivity index (χ1) is 12.0. The van der Waals surface area contributed by atoms with Gasteiger partial charge in [0.15, 0.2) is 0 Å². The maximum Gasteiger partial charge on any atom is 0.258 e. The van der Waals surface area contributed by atoms with E-state index in [1.54, 1.807) is 43.0 Å². The van der Waals surface area contributed by atoms with Crippen LogP contribution in [-0.4, -0.2) is 24.4 Å². The molecular weight excluding hydrogens is 314 g/mol. The van der Waals surface area contributed by atoms with Crippen LogP contribution < -0.4 is 16.0 Å². The van der Waals surface area contributed by atoms with Crippen molar-refractivity contribution in [3.8, 4) is 0 Å². The number of amides is 2. The quantitative estimate of drug-likeness (QED) is 0.901. The van der Waals surface area contributed by atoms with Crippen molar-refractivity contribution in [2.75, 3.05) is 16.8 Å². The minimum atomic E-state index is -0.301. The molecule has 2 aromatic carbocycles. The summed E-state index contributed by atoms with van der Waals surface area (Å²) in [5.41, 5.74) is 9.09. The number of rotatable bonds is 4. The van der Waals surface area contributed by atoms with Gasteiger partial charge in [-0.3, -0.25) is 9.59 Å². The fraction of sp³-hybridized carbons (Fsp3) is 0.300. The van der Waals surface area contributed by atoms with Gasteiger partial charge in [0.05, 0.1) is 5.92 Å². The van der Waals surface area contributed by atoms with Crippen LogP contribution in [0.25, 0.3) is 0 Å². The number of fused-ring (bicyclic) bond motifs is 1. The summed E-state index contributed by atoms with van der Waals surface area (Å²) in [7, 11) is 0. The van der Waals surface area contributed by atoms with Crippen LogP contribution in [0, 0.1) is 5.92 Å². The molecule has 0 bridgehead atoms. The van der Waals surface area contributed by atoms with E-state index in [9.17, 15) is 9.59 Å².